The Balaban J connectivity index is 1.68. The third-order valence-electron chi connectivity index (χ3n) is 9.50. The number of hydrogen-bond donors (Lipinski definition) is 2. The number of ketones is 1. The summed E-state index contributed by atoms with van der Waals surface area (Å²) in [5, 5.41) is 21.0. The van der Waals surface area contributed by atoms with E-state index in [0.717, 1.165) is 37.7 Å². The van der Waals surface area contributed by atoms with Gasteiger partial charge in [0.15, 0.2) is 11.9 Å². The Morgan fingerprint density at radius 2 is 1.83 bits per heavy atom. The fourth-order valence-corrected chi connectivity index (χ4v) is 8.45. The van der Waals surface area contributed by atoms with Crippen molar-refractivity contribution in [1.82, 2.24) is 0 Å². The van der Waals surface area contributed by atoms with Gasteiger partial charge in [-0.25, -0.2) is 4.79 Å². The molecular formula is C25H38O5. The maximum Gasteiger partial charge on any atom is 0.331 e. The van der Waals surface area contributed by atoms with Crippen molar-refractivity contribution in [2.45, 2.75) is 91.3 Å². The van der Waals surface area contributed by atoms with Crippen molar-refractivity contribution < 1.29 is 24.5 Å². The smallest absolute Gasteiger partial charge is 0.331 e. The highest BCUT2D eigenvalue weighted by atomic mass is 16.5. The molecular weight excluding hydrogens is 380 g/mol. The van der Waals surface area contributed by atoms with Gasteiger partial charge in [0.1, 0.15) is 0 Å². The molecule has 0 aromatic heterocycles. The maximum atomic E-state index is 13.4. The van der Waals surface area contributed by atoms with E-state index < -0.39 is 23.1 Å². The van der Waals surface area contributed by atoms with E-state index in [1.165, 1.54) is 6.08 Å². The van der Waals surface area contributed by atoms with Crippen molar-refractivity contribution in [2.75, 3.05) is 6.61 Å². The average Bonchev–Trinajstić information content (AvgIpc) is 2.85. The molecule has 2 unspecified atom stereocenters. The topological polar surface area (TPSA) is 83.8 Å². The average molecular weight is 419 g/mol. The van der Waals surface area contributed by atoms with Gasteiger partial charge < -0.3 is 14.9 Å². The number of rotatable bonds is 3. The predicted octanol–water partition coefficient (Wildman–Crippen LogP) is 3.81. The molecule has 4 saturated carbocycles. The van der Waals surface area contributed by atoms with E-state index in [4.69, 9.17) is 4.74 Å². The van der Waals surface area contributed by atoms with Crippen LogP contribution in [0.3, 0.4) is 0 Å². The van der Waals surface area contributed by atoms with Crippen LogP contribution in [0.25, 0.3) is 0 Å². The first-order valence-corrected chi connectivity index (χ1v) is 11.6. The van der Waals surface area contributed by atoms with Crippen molar-refractivity contribution in [1.29, 1.82) is 0 Å². The van der Waals surface area contributed by atoms with Crippen LogP contribution in [0.2, 0.25) is 0 Å². The quantitative estimate of drug-likeness (QED) is 0.538. The first-order valence-electron chi connectivity index (χ1n) is 11.6. The Labute approximate surface area is 180 Å². The van der Waals surface area contributed by atoms with E-state index in [-0.39, 0.29) is 35.1 Å². The van der Waals surface area contributed by atoms with Crippen LogP contribution in [-0.2, 0) is 14.3 Å². The first-order chi connectivity index (χ1) is 13.9. The summed E-state index contributed by atoms with van der Waals surface area (Å²) in [5.74, 6) is 0.395. The summed E-state index contributed by atoms with van der Waals surface area (Å²) in [6.07, 6.45) is 6.83. The summed E-state index contributed by atoms with van der Waals surface area (Å²) in [6.45, 7) is 9.88. The molecule has 5 nitrogen and oxygen atoms in total. The first kappa shape index (κ1) is 22.0. The number of carbonyl (C=O) groups is 2. The van der Waals surface area contributed by atoms with Crippen molar-refractivity contribution in [3.63, 3.8) is 0 Å². The predicted molar refractivity (Wildman–Crippen MR) is 113 cm³/mol. The van der Waals surface area contributed by atoms with Gasteiger partial charge in [0.05, 0.1) is 12.2 Å². The van der Waals surface area contributed by atoms with Crippen LogP contribution in [0.5, 0.6) is 0 Å². The molecule has 30 heavy (non-hydrogen) atoms. The van der Waals surface area contributed by atoms with Crippen LogP contribution in [0.1, 0.15) is 79.6 Å². The molecule has 0 aromatic carbocycles. The monoisotopic (exact) mass is 418 g/mol. The minimum absolute atomic E-state index is 0.0244. The largest absolute Gasteiger partial charge is 0.451 e. The number of fused-ring (bicyclic) bond motifs is 3. The van der Waals surface area contributed by atoms with Gasteiger partial charge in [0.25, 0.3) is 0 Å². The lowest BCUT2D eigenvalue weighted by atomic mass is 9.40. The van der Waals surface area contributed by atoms with Gasteiger partial charge in [-0.3, -0.25) is 4.79 Å². The van der Waals surface area contributed by atoms with E-state index in [1.54, 1.807) is 0 Å². The molecule has 4 rings (SSSR count). The van der Waals surface area contributed by atoms with Crippen LogP contribution in [0.15, 0.2) is 11.6 Å². The molecule has 1 spiro atoms. The van der Waals surface area contributed by atoms with E-state index >= 15 is 0 Å². The summed E-state index contributed by atoms with van der Waals surface area (Å²) in [7, 11) is 0. The third kappa shape index (κ3) is 3.02. The molecule has 0 heterocycles. The molecule has 4 aliphatic carbocycles. The molecule has 4 fully saturated rings. The second-order valence-corrected chi connectivity index (χ2v) is 11.9. The molecule has 0 amide bonds. The number of aliphatic hydroxyl groups excluding tert-OH is 1. The Morgan fingerprint density at radius 1 is 1.13 bits per heavy atom. The molecule has 4 aliphatic rings. The van der Waals surface area contributed by atoms with Crippen molar-refractivity contribution in [3.8, 4) is 0 Å². The minimum atomic E-state index is -0.965. The van der Waals surface area contributed by atoms with Crippen LogP contribution in [0, 0.1) is 34.0 Å². The van der Waals surface area contributed by atoms with Crippen molar-refractivity contribution in [3.05, 3.63) is 11.6 Å². The Kier molecular flexibility index (Phi) is 5.06. The second kappa shape index (κ2) is 6.90. The lowest BCUT2D eigenvalue weighted by molar-refractivity contribution is -0.190. The zero-order chi connectivity index (χ0) is 22.1. The van der Waals surface area contributed by atoms with Gasteiger partial charge in [-0.15, -0.1) is 0 Å². The van der Waals surface area contributed by atoms with Crippen LogP contribution in [0.4, 0.5) is 0 Å². The van der Waals surface area contributed by atoms with Gasteiger partial charge >= 0.3 is 5.97 Å². The van der Waals surface area contributed by atoms with Gasteiger partial charge in [0, 0.05) is 11.5 Å². The number of hydrogen-bond acceptors (Lipinski definition) is 5. The number of allylic oxidation sites excluding steroid dienone is 1. The van der Waals surface area contributed by atoms with E-state index in [1.807, 2.05) is 27.7 Å². The summed E-state index contributed by atoms with van der Waals surface area (Å²) < 4.78 is 5.73. The third-order valence-corrected chi connectivity index (χ3v) is 9.50. The summed E-state index contributed by atoms with van der Waals surface area (Å²) in [5.41, 5.74) is -0.759. The Morgan fingerprint density at radius 3 is 2.47 bits per heavy atom. The second-order valence-electron chi connectivity index (χ2n) is 11.9. The van der Waals surface area contributed by atoms with E-state index in [9.17, 15) is 19.8 Å². The van der Waals surface area contributed by atoms with Crippen LogP contribution < -0.4 is 0 Å². The number of carbonyl (C=O) groups excluding carboxylic acids is 2. The van der Waals surface area contributed by atoms with Crippen LogP contribution >= 0.6 is 0 Å². The lowest BCUT2D eigenvalue weighted by Crippen LogP contribution is -2.62. The summed E-state index contributed by atoms with van der Waals surface area (Å²) >= 11 is 0. The highest BCUT2D eigenvalue weighted by Crippen LogP contribution is 2.72. The lowest BCUT2D eigenvalue weighted by Gasteiger charge is -2.64. The number of Topliss-reactive ketones (excluding diaryl/α,β-unsaturated/α-hetero) is 1. The molecule has 5 heteroatoms. The van der Waals surface area contributed by atoms with Gasteiger partial charge in [-0.05, 0) is 87.4 Å². The fourth-order valence-electron chi connectivity index (χ4n) is 8.45. The highest BCUT2D eigenvalue weighted by molar-refractivity contribution is 5.93. The van der Waals surface area contributed by atoms with Crippen LogP contribution in [-0.4, -0.2) is 40.3 Å². The fraction of sp³-hybridized carbons (Fsp3) is 0.840. The molecule has 168 valence electrons. The standard InChI is InChI=1S/C25H38O5/c1-15(2)10-20(27)30-17-12-23(5)18(22(3,4)21(17)28)8-9-24-11-16(6-7-19(23)24)25(29,13-24)14-26/h10,16-19,26,29H,6-9,11-14H2,1-5H3/t16-,17-,18?,19?,23+,24+,25+/m1/s1. The minimum Gasteiger partial charge on any atom is -0.451 e. The Bertz CT molecular complexity index is 780. The van der Waals surface area contributed by atoms with Gasteiger partial charge in [0.2, 0.25) is 0 Å². The molecule has 2 bridgehead atoms. The van der Waals surface area contributed by atoms with E-state index in [0.29, 0.717) is 18.8 Å². The Hall–Kier alpha value is -1.20. The van der Waals surface area contributed by atoms with Crippen molar-refractivity contribution >= 4 is 11.8 Å². The normalized spacial score (nSPS) is 46.6. The molecule has 2 N–H and O–H groups in total. The maximum absolute atomic E-state index is 13.4. The SMILES string of the molecule is CC(C)=CC(=O)O[C@@H]1C[C@@]2(C)C(CC[C@@]34C[C@@H](CCC32)[C@@](O)(CO)C4)C(C)(C)C1=O. The molecule has 0 radical (unpaired) electrons. The van der Waals surface area contributed by atoms with Gasteiger partial charge in [-0.1, -0.05) is 26.3 Å². The molecule has 0 aromatic rings. The molecule has 0 saturated heterocycles. The molecule has 0 aliphatic heterocycles. The van der Waals surface area contributed by atoms with Gasteiger partial charge in [-0.2, -0.15) is 0 Å². The number of esters is 1. The zero-order valence-electron chi connectivity index (χ0n) is 19.2. The zero-order valence-corrected chi connectivity index (χ0v) is 19.2. The molecule has 7 atom stereocenters. The van der Waals surface area contributed by atoms with Crippen molar-refractivity contribution in [2.24, 2.45) is 34.0 Å². The number of ether oxygens (including phenoxy) is 1. The summed E-state index contributed by atoms with van der Waals surface area (Å²) in [4.78, 5) is 25.7. The van der Waals surface area contributed by atoms with E-state index in [2.05, 4.69) is 6.92 Å². The highest BCUT2D eigenvalue weighted by Gasteiger charge is 2.69. The number of aliphatic hydroxyl groups is 2. The summed E-state index contributed by atoms with van der Waals surface area (Å²) in [6, 6.07) is 0.